The molecular weight excluding hydrogens is 227 g/mol. The lowest BCUT2D eigenvalue weighted by molar-refractivity contribution is 0.194. The molecule has 1 aromatic carbocycles. The van der Waals surface area contributed by atoms with Crippen molar-refractivity contribution in [2.75, 3.05) is 13.1 Å². The molecule has 1 fully saturated rings. The Morgan fingerprint density at radius 3 is 2.89 bits per heavy atom. The van der Waals surface area contributed by atoms with Crippen molar-refractivity contribution in [2.45, 2.75) is 45.3 Å². The van der Waals surface area contributed by atoms with Crippen molar-refractivity contribution < 1.29 is 4.39 Å². The van der Waals surface area contributed by atoms with Crippen molar-refractivity contribution in [3.05, 3.63) is 35.6 Å². The quantitative estimate of drug-likeness (QED) is 0.864. The number of halogens is 1. The highest BCUT2D eigenvalue weighted by Gasteiger charge is 2.19. The lowest BCUT2D eigenvalue weighted by Crippen LogP contribution is -2.40. The Labute approximate surface area is 109 Å². The van der Waals surface area contributed by atoms with Crippen LogP contribution in [0.4, 0.5) is 4.39 Å². The first-order valence-electron chi connectivity index (χ1n) is 6.87. The van der Waals surface area contributed by atoms with Gasteiger partial charge in [-0.3, -0.25) is 4.90 Å². The normalized spacial score (nSPS) is 19.9. The molecule has 0 amide bonds. The van der Waals surface area contributed by atoms with Gasteiger partial charge in [0.05, 0.1) is 0 Å². The number of hydrogen-bond donors (Lipinski definition) is 1. The van der Waals surface area contributed by atoms with Gasteiger partial charge in [0.2, 0.25) is 0 Å². The molecule has 2 rings (SSSR count). The summed E-state index contributed by atoms with van der Waals surface area (Å²) in [7, 11) is 0. The maximum absolute atomic E-state index is 13.2. The van der Waals surface area contributed by atoms with Crippen LogP contribution in [0.5, 0.6) is 0 Å². The second-order valence-electron chi connectivity index (χ2n) is 5.45. The zero-order chi connectivity index (χ0) is 13.0. The Kier molecular flexibility index (Phi) is 4.72. The van der Waals surface area contributed by atoms with E-state index in [1.165, 1.54) is 18.9 Å². The van der Waals surface area contributed by atoms with Gasteiger partial charge in [-0.15, -0.1) is 0 Å². The zero-order valence-corrected chi connectivity index (χ0v) is 11.3. The minimum absolute atomic E-state index is 0.143. The Bertz CT molecular complexity index is 373. The first-order chi connectivity index (χ1) is 8.65. The summed E-state index contributed by atoms with van der Waals surface area (Å²) in [4.78, 5) is 2.41. The average Bonchev–Trinajstić information content (AvgIpc) is 2.81. The Hall–Kier alpha value is -0.930. The van der Waals surface area contributed by atoms with Crippen molar-refractivity contribution in [3.63, 3.8) is 0 Å². The average molecular weight is 250 g/mol. The van der Waals surface area contributed by atoms with Gasteiger partial charge in [-0.25, -0.2) is 4.39 Å². The van der Waals surface area contributed by atoms with Gasteiger partial charge in [0.1, 0.15) is 5.82 Å². The summed E-state index contributed by atoms with van der Waals surface area (Å²) in [5.74, 6) is -0.143. The second-order valence-corrected chi connectivity index (χ2v) is 5.45. The highest BCUT2D eigenvalue weighted by atomic mass is 19.1. The summed E-state index contributed by atoms with van der Waals surface area (Å²) in [6, 6.07) is 8.01. The molecule has 1 aliphatic heterocycles. The van der Waals surface area contributed by atoms with Gasteiger partial charge in [-0.2, -0.15) is 0 Å². The van der Waals surface area contributed by atoms with Crippen LogP contribution in [0.3, 0.4) is 0 Å². The van der Waals surface area contributed by atoms with E-state index in [4.69, 9.17) is 0 Å². The summed E-state index contributed by atoms with van der Waals surface area (Å²) in [5, 5.41) is 3.52. The van der Waals surface area contributed by atoms with Crippen molar-refractivity contribution in [3.8, 4) is 0 Å². The minimum atomic E-state index is -0.143. The third-order valence-corrected chi connectivity index (χ3v) is 3.62. The highest BCUT2D eigenvalue weighted by molar-refractivity contribution is 5.16. The third-order valence-electron chi connectivity index (χ3n) is 3.62. The van der Waals surface area contributed by atoms with Crippen LogP contribution in [-0.4, -0.2) is 30.1 Å². The van der Waals surface area contributed by atoms with E-state index in [0.717, 1.165) is 25.2 Å². The largest absolute Gasteiger partial charge is 0.313 e. The third kappa shape index (κ3) is 3.79. The molecule has 0 bridgehead atoms. The first kappa shape index (κ1) is 13.5. The molecule has 0 spiro atoms. The first-order valence-corrected chi connectivity index (χ1v) is 6.87. The fourth-order valence-corrected chi connectivity index (χ4v) is 2.52. The second kappa shape index (κ2) is 6.30. The van der Waals surface area contributed by atoms with E-state index < -0.39 is 0 Å². The molecule has 1 aromatic rings. The van der Waals surface area contributed by atoms with Gasteiger partial charge in [0.25, 0.3) is 0 Å². The van der Waals surface area contributed by atoms with Crippen molar-refractivity contribution in [1.29, 1.82) is 0 Å². The van der Waals surface area contributed by atoms with Gasteiger partial charge < -0.3 is 5.32 Å². The van der Waals surface area contributed by atoms with Crippen LogP contribution in [0.2, 0.25) is 0 Å². The number of nitrogens with zero attached hydrogens (tertiary/aromatic N) is 1. The van der Waals surface area contributed by atoms with E-state index in [2.05, 4.69) is 24.1 Å². The molecule has 3 heteroatoms. The SMILES string of the molecule is CC(C)N(Cc1cccc(F)c1)CC1CCCN1. The molecule has 1 atom stereocenters. The minimum Gasteiger partial charge on any atom is -0.313 e. The molecule has 1 N–H and O–H groups in total. The monoisotopic (exact) mass is 250 g/mol. The lowest BCUT2D eigenvalue weighted by atomic mass is 10.1. The smallest absolute Gasteiger partial charge is 0.123 e. The summed E-state index contributed by atoms with van der Waals surface area (Å²) in [6.45, 7) is 7.42. The van der Waals surface area contributed by atoms with Crippen molar-refractivity contribution in [1.82, 2.24) is 10.2 Å². The summed E-state index contributed by atoms with van der Waals surface area (Å²) in [6.07, 6.45) is 2.53. The standard InChI is InChI=1S/C15H23FN2/c1-12(2)18(11-15-7-4-8-17-15)10-13-5-3-6-14(16)9-13/h3,5-6,9,12,15,17H,4,7-8,10-11H2,1-2H3. The molecule has 1 unspecified atom stereocenters. The number of rotatable bonds is 5. The van der Waals surface area contributed by atoms with E-state index in [0.29, 0.717) is 12.1 Å². The lowest BCUT2D eigenvalue weighted by Gasteiger charge is -2.29. The maximum atomic E-state index is 13.2. The highest BCUT2D eigenvalue weighted by Crippen LogP contribution is 2.13. The van der Waals surface area contributed by atoms with E-state index in [9.17, 15) is 4.39 Å². The Balaban J connectivity index is 1.97. The fraction of sp³-hybridized carbons (Fsp3) is 0.600. The van der Waals surface area contributed by atoms with E-state index >= 15 is 0 Å². The molecule has 1 aliphatic rings. The van der Waals surface area contributed by atoms with Gasteiger partial charge in [-0.05, 0) is 50.9 Å². The van der Waals surface area contributed by atoms with E-state index in [1.54, 1.807) is 12.1 Å². The van der Waals surface area contributed by atoms with Crippen molar-refractivity contribution >= 4 is 0 Å². The predicted molar refractivity (Wildman–Crippen MR) is 73.0 cm³/mol. The van der Waals surface area contributed by atoms with Crippen molar-refractivity contribution in [2.24, 2.45) is 0 Å². The molecule has 1 heterocycles. The molecular formula is C15H23FN2. The van der Waals surface area contributed by atoms with E-state index in [-0.39, 0.29) is 5.82 Å². The summed E-state index contributed by atoms with van der Waals surface area (Å²) in [5.41, 5.74) is 1.06. The fourth-order valence-electron chi connectivity index (χ4n) is 2.52. The van der Waals surface area contributed by atoms with Crippen LogP contribution in [0.1, 0.15) is 32.3 Å². The zero-order valence-electron chi connectivity index (χ0n) is 11.3. The molecule has 0 aromatic heterocycles. The van der Waals surface area contributed by atoms with Gasteiger partial charge in [0.15, 0.2) is 0 Å². The number of hydrogen-bond acceptors (Lipinski definition) is 2. The van der Waals surface area contributed by atoms with Gasteiger partial charge >= 0.3 is 0 Å². The maximum Gasteiger partial charge on any atom is 0.123 e. The van der Waals surface area contributed by atoms with Crippen LogP contribution >= 0.6 is 0 Å². The number of benzene rings is 1. The Morgan fingerprint density at radius 1 is 1.44 bits per heavy atom. The predicted octanol–water partition coefficient (Wildman–Crippen LogP) is 2.79. The van der Waals surface area contributed by atoms with Crippen LogP contribution in [-0.2, 0) is 6.54 Å². The van der Waals surface area contributed by atoms with Crippen LogP contribution < -0.4 is 5.32 Å². The van der Waals surface area contributed by atoms with Crippen LogP contribution in [0.15, 0.2) is 24.3 Å². The van der Waals surface area contributed by atoms with Gasteiger partial charge in [0, 0.05) is 25.2 Å². The Morgan fingerprint density at radius 2 is 2.28 bits per heavy atom. The van der Waals surface area contributed by atoms with Gasteiger partial charge in [-0.1, -0.05) is 12.1 Å². The molecule has 0 aliphatic carbocycles. The molecule has 0 radical (unpaired) electrons. The topological polar surface area (TPSA) is 15.3 Å². The summed E-state index contributed by atoms with van der Waals surface area (Å²) < 4.78 is 13.2. The van der Waals surface area contributed by atoms with E-state index in [1.807, 2.05) is 6.07 Å². The molecule has 2 nitrogen and oxygen atoms in total. The molecule has 100 valence electrons. The van der Waals surface area contributed by atoms with Crippen LogP contribution in [0.25, 0.3) is 0 Å². The summed E-state index contributed by atoms with van der Waals surface area (Å²) >= 11 is 0. The van der Waals surface area contributed by atoms with Crippen LogP contribution in [0, 0.1) is 5.82 Å². The molecule has 1 saturated heterocycles. The molecule has 18 heavy (non-hydrogen) atoms. The molecule has 0 saturated carbocycles. The number of nitrogens with one attached hydrogen (secondary N) is 1.